The predicted octanol–water partition coefficient (Wildman–Crippen LogP) is 4.28. The summed E-state index contributed by atoms with van der Waals surface area (Å²) in [6, 6.07) is 11.1. The van der Waals surface area contributed by atoms with Crippen molar-refractivity contribution in [2.75, 3.05) is 0 Å². The van der Waals surface area contributed by atoms with Crippen LogP contribution in [0.4, 0.5) is 8.78 Å². The summed E-state index contributed by atoms with van der Waals surface area (Å²) in [5.74, 6) is -2.35. The number of hydrogen-bond acceptors (Lipinski definition) is 2. The van der Waals surface area contributed by atoms with Gasteiger partial charge in [0, 0.05) is 30.0 Å². The van der Waals surface area contributed by atoms with Crippen LogP contribution in [0, 0.1) is 18.6 Å². The number of carbonyl (C=O) groups excluding carboxylic acids is 2. The van der Waals surface area contributed by atoms with Gasteiger partial charge in [-0.2, -0.15) is 0 Å². The van der Waals surface area contributed by atoms with Crippen molar-refractivity contribution in [3.8, 4) is 0 Å². The van der Waals surface area contributed by atoms with Crippen LogP contribution < -0.4 is 5.32 Å². The van der Waals surface area contributed by atoms with Crippen molar-refractivity contribution in [1.29, 1.82) is 0 Å². The summed E-state index contributed by atoms with van der Waals surface area (Å²) in [7, 11) is 0. The molecule has 1 amide bonds. The van der Waals surface area contributed by atoms with Crippen LogP contribution in [-0.2, 0) is 9.59 Å². The van der Waals surface area contributed by atoms with Gasteiger partial charge in [-0.3, -0.25) is 9.59 Å². The zero-order valence-electron chi connectivity index (χ0n) is 14.9. The van der Waals surface area contributed by atoms with Gasteiger partial charge in [0.1, 0.15) is 11.6 Å². The highest BCUT2D eigenvalue weighted by Crippen LogP contribution is 2.43. The number of ketones is 1. The van der Waals surface area contributed by atoms with Crippen LogP contribution in [0.3, 0.4) is 0 Å². The second-order valence-corrected chi connectivity index (χ2v) is 7.30. The number of allylic oxidation sites excluding steroid dienone is 2. The molecule has 27 heavy (non-hydrogen) atoms. The molecule has 1 N–H and O–H groups in total. The third-order valence-corrected chi connectivity index (χ3v) is 5.42. The molecule has 5 heteroatoms. The largest absolute Gasteiger partial charge is 0.329 e. The van der Waals surface area contributed by atoms with E-state index < -0.39 is 17.6 Å². The summed E-state index contributed by atoms with van der Waals surface area (Å²) in [5, 5.41) is 2.80. The molecule has 2 aliphatic rings. The lowest BCUT2D eigenvalue weighted by Crippen LogP contribution is -2.38. The first-order chi connectivity index (χ1) is 12.9. The number of amides is 1. The molecule has 2 unspecified atom stereocenters. The number of halogens is 2. The Hall–Kier alpha value is -2.82. The second kappa shape index (κ2) is 6.72. The highest BCUT2D eigenvalue weighted by atomic mass is 19.1. The Morgan fingerprint density at radius 1 is 0.963 bits per heavy atom. The van der Waals surface area contributed by atoms with Gasteiger partial charge in [0.15, 0.2) is 5.78 Å². The molecule has 2 aromatic carbocycles. The Labute approximate surface area is 156 Å². The van der Waals surface area contributed by atoms with Crippen molar-refractivity contribution in [2.24, 2.45) is 0 Å². The summed E-state index contributed by atoms with van der Waals surface area (Å²) in [4.78, 5) is 25.2. The van der Waals surface area contributed by atoms with Crippen molar-refractivity contribution < 1.29 is 18.4 Å². The third-order valence-electron chi connectivity index (χ3n) is 5.42. The van der Waals surface area contributed by atoms with Crippen molar-refractivity contribution >= 4 is 11.7 Å². The van der Waals surface area contributed by atoms with Gasteiger partial charge in [-0.15, -0.1) is 0 Å². The van der Waals surface area contributed by atoms with Crippen molar-refractivity contribution in [3.63, 3.8) is 0 Å². The van der Waals surface area contributed by atoms with Gasteiger partial charge in [0.25, 0.3) is 0 Å². The highest BCUT2D eigenvalue weighted by molar-refractivity contribution is 6.02. The molecule has 1 aliphatic heterocycles. The van der Waals surface area contributed by atoms with E-state index in [4.69, 9.17) is 0 Å². The number of carbonyl (C=O) groups is 2. The summed E-state index contributed by atoms with van der Waals surface area (Å²) in [5.41, 5.74) is 3.20. The molecule has 0 fully saturated rings. The van der Waals surface area contributed by atoms with E-state index in [1.165, 1.54) is 0 Å². The van der Waals surface area contributed by atoms with Gasteiger partial charge in [-0.25, -0.2) is 8.78 Å². The molecule has 0 saturated carbocycles. The highest BCUT2D eigenvalue weighted by Gasteiger charge is 2.39. The van der Waals surface area contributed by atoms with E-state index in [0.29, 0.717) is 24.1 Å². The summed E-state index contributed by atoms with van der Waals surface area (Å²) in [6.45, 7) is 2.00. The van der Waals surface area contributed by atoms with Crippen LogP contribution in [0.1, 0.15) is 47.8 Å². The van der Waals surface area contributed by atoms with Crippen molar-refractivity contribution in [3.05, 3.63) is 82.1 Å². The zero-order valence-corrected chi connectivity index (χ0v) is 14.9. The van der Waals surface area contributed by atoms with Gasteiger partial charge >= 0.3 is 0 Å². The molecule has 2 atom stereocenters. The molecular formula is C22H19F2NO2. The fourth-order valence-electron chi connectivity index (χ4n) is 4.08. The molecule has 0 saturated heterocycles. The molecule has 1 heterocycles. The molecule has 4 rings (SSSR count). The van der Waals surface area contributed by atoms with E-state index in [2.05, 4.69) is 5.32 Å². The maximum Gasteiger partial charge on any atom is 0.225 e. The van der Waals surface area contributed by atoms with Crippen LogP contribution in [0.2, 0.25) is 0 Å². The number of rotatable bonds is 2. The third kappa shape index (κ3) is 3.29. The topological polar surface area (TPSA) is 46.2 Å². The Bertz CT molecular complexity index is 963. The van der Waals surface area contributed by atoms with Crippen LogP contribution >= 0.6 is 0 Å². The molecule has 0 aromatic heterocycles. The molecule has 2 aromatic rings. The molecule has 0 spiro atoms. The smallest absolute Gasteiger partial charge is 0.225 e. The summed E-state index contributed by atoms with van der Waals surface area (Å²) < 4.78 is 28.0. The minimum Gasteiger partial charge on any atom is -0.329 e. The normalized spacial score (nSPS) is 22.5. The Balaban J connectivity index is 1.74. The van der Waals surface area contributed by atoms with Crippen LogP contribution in [0.15, 0.2) is 53.7 Å². The lowest BCUT2D eigenvalue weighted by atomic mass is 9.73. The minimum atomic E-state index is -0.740. The molecule has 3 nitrogen and oxygen atoms in total. The predicted molar refractivity (Wildman–Crippen MR) is 97.0 cm³/mol. The Kier molecular flexibility index (Phi) is 4.38. The average Bonchev–Trinajstić information content (AvgIpc) is 2.63. The van der Waals surface area contributed by atoms with Crippen molar-refractivity contribution in [1.82, 2.24) is 5.32 Å². The van der Waals surface area contributed by atoms with Gasteiger partial charge < -0.3 is 5.32 Å². The fourth-order valence-corrected chi connectivity index (χ4v) is 4.08. The quantitative estimate of drug-likeness (QED) is 0.861. The maximum absolute atomic E-state index is 14.3. The number of benzene rings is 2. The van der Waals surface area contributed by atoms with E-state index in [1.807, 2.05) is 31.2 Å². The van der Waals surface area contributed by atoms with Crippen LogP contribution in [-0.4, -0.2) is 11.7 Å². The molecular weight excluding hydrogens is 348 g/mol. The maximum atomic E-state index is 14.3. The first-order valence-electron chi connectivity index (χ1n) is 9.00. The van der Waals surface area contributed by atoms with Gasteiger partial charge in [0.05, 0.1) is 0 Å². The molecule has 138 valence electrons. The van der Waals surface area contributed by atoms with Gasteiger partial charge in [-0.05, 0) is 48.6 Å². The van der Waals surface area contributed by atoms with E-state index >= 15 is 0 Å². The van der Waals surface area contributed by atoms with Gasteiger partial charge in [0.2, 0.25) is 5.91 Å². The first-order valence-corrected chi connectivity index (χ1v) is 9.00. The molecule has 0 bridgehead atoms. The lowest BCUT2D eigenvalue weighted by Gasteiger charge is -2.34. The van der Waals surface area contributed by atoms with E-state index in [1.54, 1.807) is 0 Å². The standard InChI is InChI=1S/C22H19F2NO2/c1-12-2-4-13(5-3-12)14-8-19-22(20(26)9-14)17(11-21(27)25-19)16-10-15(23)6-7-18(16)24/h2-7,10,14,17H,8-9,11H2,1H3,(H,25,27). The van der Waals surface area contributed by atoms with Crippen molar-refractivity contribution in [2.45, 2.75) is 38.0 Å². The monoisotopic (exact) mass is 367 g/mol. The summed E-state index contributed by atoms with van der Waals surface area (Å²) >= 11 is 0. The average molecular weight is 367 g/mol. The second-order valence-electron chi connectivity index (χ2n) is 7.30. The first kappa shape index (κ1) is 17.6. The van der Waals surface area contributed by atoms with Crippen LogP contribution in [0.25, 0.3) is 0 Å². The Morgan fingerprint density at radius 2 is 1.70 bits per heavy atom. The van der Waals surface area contributed by atoms with E-state index in [0.717, 1.165) is 29.3 Å². The molecule has 1 aliphatic carbocycles. The Morgan fingerprint density at radius 3 is 2.44 bits per heavy atom. The number of nitrogens with one attached hydrogen (secondary N) is 1. The zero-order chi connectivity index (χ0) is 19.1. The lowest BCUT2D eigenvalue weighted by molar-refractivity contribution is -0.122. The molecule has 0 radical (unpaired) electrons. The van der Waals surface area contributed by atoms with E-state index in [-0.39, 0.29) is 29.6 Å². The van der Waals surface area contributed by atoms with Gasteiger partial charge in [-0.1, -0.05) is 29.8 Å². The summed E-state index contributed by atoms with van der Waals surface area (Å²) in [6.07, 6.45) is 0.745. The van der Waals surface area contributed by atoms with Crippen LogP contribution in [0.5, 0.6) is 0 Å². The number of aryl methyl sites for hydroxylation is 1. The number of hydrogen-bond donors (Lipinski definition) is 1. The SMILES string of the molecule is Cc1ccc(C2CC(=O)C3=C(C2)NC(=O)CC3c2cc(F)ccc2F)cc1. The van der Waals surface area contributed by atoms with E-state index in [9.17, 15) is 18.4 Å². The number of Topliss-reactive ketones (excluding diaryl/α,β-unsaturated/α-hetero) is 1. The fraction of sp³-hybridized carbons (Fsp3) is 0.273. The minimum absolute atomic E-state index is 0.0340.